The maximum absolute atomic E-state index is 13.2. The maximum Gasteiger partial charge on any atom is 0.331 e. The second-order valence-electron chi connectivity index (χ2n) is 11.8. The van der Waals surface area contributed by atoms with E-state index in [9.17, 15) is 19.8 Å². The van der Waals surface area contributed by atoms with E-state index in [0.717, 1.165) is 6.42 Å². The monoisotopic (exact) mass is 528 g/mol. The van der Waals surface area contributed by atoms with Gasteiger partial charge in [0.2, 0.25) is 0 Å². The Morgan fingerprint density at radius 3 is 2.61 bits per heavy atom. The van der Waals surface area contributed by atoms with Gasteiger partial charge in [0.05, 0.1) is 36.9 Å². The number of carbonyl (C=O) groups is 2. The van der Waals surface area contributed by atoms with E-state index in [4.69, 9.17) is 23.7 Å². The quantitative estimate of drug-likeness (QED) is 0.299. The lowest BCUT2D eigenvalue weighted by molar-refractivity contribution is -0.232. The first kappa shape index (κ1) is 26.0. The highest BCUT2D eigenvalue weighted by atomic mass is 16.6. The number of aliphatic hydroxyl groups excluding tert-OH is 2. The number of carbonyl (C=O) groups excluding carboxylic acids is 2. The molecule has 4 heterocycles. The molecule has 0 aromatic carbocycles. The summed E-state index contributed by atoms with van der Waals surface area (Å²) in [6.07, 6.45) is 8.21. The lowest BCUT2D eigenvalue weighted by Crippen LogP contribution is -2.66. The Bertz CT molecular complexity index is 1150. The minimum absolute atomic E-state index is 0.0519. The molecular weight excluding hydrogens is 492 g/mol. The first-order valence-corrected chi connectivity index (χ1v) is 13.5. The molecule has 9 atom stereocenters. The third kappa shape index (κ3) is 3.48. The van der Waals surface area contributed by atoms with Gasteiger partial charge in [-0.2, -0.15) is 0 Å². The molecule has 4 fully saturated rings. The van der Waals surface area contributed by atoms with Crippen LogP contribution in [0, 0.1) is 10.8 Å². The van der Waals surface area contributed by atoms with Crippen molar-refractivity contribution in [3.05, 3.63) is 47.6 Å². The van der Waals surface area contributed by atoms with Crippen molar-refractivity contribution in [2.24, 2.45) is 10.8 Å². The SMILES string of the molecule is CC1=C[C@H]2O[C@@H]3C[C@H]4OC(=O)/C=C\C=C[C@]5([C@H](C)O)OCC/C(=C/C(=O)OC[C@@]2(CC1)[C@]4(C)[C@]31CO1)[C@H]5O. The van der Waals surface area contributed by atoms with Gasteiger partial charge in [0.25, 0.3) is 0 Å². The predicted molar refractivity (Wildman–Crippen MR) is 134 cm³/mol. The molecule has 38 heavy (non-hydrogen) atoms. The first-order chi connectivity index (χ1) is 18.1. The molecule has 1 saturated carbocycles. The van der Waals surface area contributed by atoms with E-state index < -0.39 is 52.3 Å². The van der Waals surface area contributed by atoms with Crippen LogP contribution in [0.15, 0.2) is 47.6 Å². The molecule has 9 nitrogen and oxygen atoms in total. The van der Waals surface area contributed by atoms with Gasteiger partial charge in [-0.15, -0.1) is 0 Å². The fraction of sp³-hybridized carbons (Fsp3) is 0.655. The van der Waals surface area contributed by atoms with Crippen LogP contribution in [0.2, 0.25) is 0 Å². The van der Waals surface area contributed by atoms with Crippen molar-refractivity contribution < 1.29 is 43.5 Å². The van der Waals surface area contributed by atoms with E-state index in [0.29, 0.717) is 31.4 Å². The summed E-state index contributed by atoms with van der Waals surface area (Å²) in [6.45, 7) is 6.43. The van der Waals surface area contributed by atoms with E-state index in [1.54, 1.807) is 6.08 Å². The average Bonchev–Trinajstić information content (AvgIpc) is 3.65. The lowest BCUT2D eigenvalue weighted by Gasteiger charge is -2.58. The minimum Gasteiger partial charge on any atom is -0.462 e. The van der Waals surface area contributed by atoms with Crippen LogP contribution >= 0.6 is 0 Å². The van der Waals surface area contributed by atoms with Gasteiger partial charge in [-0.1, -0.05) is 30.7 Å². The molecule has 0 unspecified atom stereocenters. The van der Waals surface area contributed by atoms with Crippen LogP contribution in [-0.2, 0) is 33.3 Å². The molecule has 206 valence electrons. The highest BCUT2D eigenvalue weighted by Crippen LogP contribution is 2.72. The molecule has 3 saturated heterocycles. The van der Waals surface area contributed by atoms with Gasteiger partial charge in [0, 0.05) is 24.0 Å². The Labute approximate surface area is 222 Å². The van der Waals surface area contributed by atoms with E-state index in [1.807, 2.05) is 0 Å². The maximum atomic E-state index is 13.2. The number of rotatable bonds is 1. The largest absolute Gasteiger partial charge is 0.462 e. The Balaban J connectivity index is 1.44. The lowest BCUT2D eigenvalue weighted by atomic mass is 9.51. The normalized spacial score (nSPS) is 49.2. The number of hydrogen-bond acceptors (Lipinski definition) is 9. The zero-order valence-corrected chi connectivity index (χ0v) is 22.1. The molecule has 6 aliphatic rings. The Hall–Kier alpha value is -2.30. The van der Waals surface area contributed by atoms with Gasteiger partial charge in [-0.3, -0.25) is 0 Å². The topological polar surface area (TPSA) is 124 Å². The summed E-state index contributed by atoms with van der Waals surface area (Å²) in [5.41, 5.74) is -1.76. The first-order valence-electron chi connectivity index (χ1n) is 13.5. The number of ether oxygens (including phenoxy) is 5. The van der Waals surface area contributed by atoms with Crippen LogP contribution in [0.5, 0.6) is 0 Å². The second kappa shape index (κ2) is 8.86. The number of fused-ring (bicyclic) bond motifs is 2. The third-order valence-corrected chi connectivity index (χ3v) is 10.1. The number of aliphatic hydroxyl groups is 2. The zero-order valence-electron chi connectivity index (χ0n) is 22.1. The van der Waals surface area contributed by atoms with Crippen molar-refractivity contribution in [3.63, 3.8) is 0 Å². The van der Waals surface area contributed by atoms with Crippen molar-refractivity contribution in [1.82, 2.24) is 0 Å². The van der Waals surface area contributed by atoms with Crippen LogP contribution in [0.25, 0.3) is 0 Å². The van der Waals surface area contributed by atoms with Gasteiger partial charge in [0.1, 0.15) is 30.0 Å². The van der Waals surface area contributed by atoms with Gasteiger partial charge in [-0.05, 0) is 44.8 Å². The van der Waals surface area contributed by atoms with Crippen LogP contribution in [-0.4, -0.2) is 83.7 Å². The Morgan fingerprint density at radius 1 is 1.08 bits per heavy atom. The number of cyclic esters (lactones) is 1. The summed E-state index contributed by atoms with van der Waals surface area (Å²) >= 11 is 0. The Morgan fingerprint density at radius 2 is 1.87 bits per heavy atom. The standard InChI is InChI=1S/C29H36O9/c1-17-7-10-27-15-34-24(32)13-19-8-11-35-28(18(2)30,25(19)33)9-5-4-6-23(31)38-20-14-22(37-21(27)12-17)29(16-36-29)26(20,27)3/h4-6,9,12-13,18,20-22,25,30,33H,7-8,10-11,14-16H2,1-3H3/b6-4-,9-5?,19-13-/t18-,20+,21+,22+,25+,26+,27+,28+,29-/m0/s1. The molecular formula is C29H36O9. The fourth-order valence-corrected chi connectivity index (χ4v) is 7.68. The fourth-order valence-electron chi connectivity index (χ4n) is 7.68. The molecule has 4 aliphatic heterocycles. The second-order valence-corrected chi connectivity index (χ2v) is 11.8. The summed E-state index contributed by atoms with van der Waals surface area (Å²) in [4.78, 5) is 26.2. The smallest absolute Gasteiger partial charge is 0.331 e. The van der Waals surface area contributed by atoms with Crippen LogP contribution in [0.4, 0.5) is 0 Å². The van der Waals surface area contributed by atoms with Gasteiger partial charge < -0.3 is 33.9 Å². The zero-order chi connectivity index (χ0) is 26.9. The molecule has 0 amide bonds. The van der Waals surface area contributed by atoms with Gasteiger partial charge in [0.15, 0.2) is 0 Å². The summed E-state index contributed by atoms with van der Waals surface area (Å²) in [6, 6.07) is 0. The predicted octanol–water partition coefficient (Wildman–Crippen LogP) is 2.07. The van der Waals surface area contributed by atoms with E-state index in [-0.39, 0.29) is 25.4 Å². The summed E-state index contributed by atoms with van der Waals surface area (Å²) in [7, 11) is 0. The molecule has 4 bridgehead atoms. The van der Waals surface area contributed by atoms with E-state index in [2.05, 4.69) is 19.9 Å². The molecule has 2 aliphatic carbocycles. The molecule has 2 N–H and O–H groups in total. The van der Waals surface area contributed by atoms with E-state index in [1.165, 1.54) is 36.8 Å². The Kier molecular flexibility index (Phi) is 6.05. The molecule has 2 spiro atoms. The highest BCUT2D eigenvalue weighted by molar-refractivity contribution is 5.83. The van der Waals surface area contributed by atoms with Crippen molar-refractivity contribution in [2.75, 3.05) is 19.8 Å². The average molecular weight is 529 g/mol. The van der Waals surface area contributed by atoms with Crippen molar-refractivity contribution in [2.45, 2.75) is 88.2 Å². The molecule has 9 heteroatoms. The summed E-state index contributed by atoms with van der Waals surface area (Å²) in [5.74, 6) is -1.10. The number of epoxide rings is 1. The van der Waals surface area contributed by atoms with Crippen LogP contribution < -0.4 is 0 Å². The van der Waals surface area contributed by atoms with Crippen molar-refractivity contribution >= 4 is 11.9 Å². The van der Waals surface area contributed by atoms with Crippen molar-refractivity contribution in [1.29, 1.82) is 0 Å². The summed E-state index contributed by atoms with van der Waals surface area (Å²) < 4.78 is 30.6. The minimum atomic E-state index is -1.47. The number of hydrogen-bond donors (Lipinski definition) is 2. The molecule has 6 rings (SSSR count). The van der Waals surface area contributed by atoms with Gasteiger partial charge >= 0.3 is 11.9 Å². The van der Waals surface area contributed by atoms with Crippen LogP contribution in [0.3, 0.4) is 0 Å². The van der Waals surface area contributed by atoms with Crippen LogP contribution in [0.1, 0.15) is 46.5 Å². The number of esters is 2. The van der Waals surface area contributed by atoms with Gasteiger partial charge in [-0.25, -0.2) is 9.59 Å². The number of allylic oxidation sites excluding steroid dienone is 3. The molecule has 0 radical (unpaired) electrons. The third-order valence-electron chi connectivity index (χ3n) is 10.1. The molecule has 0 aromatic heterocycles. The highest BCUT2D eigenvalue weighted by Gasteiger charge is 2.83. The molecule has 0 aromatic rings. The van der Waals surface area contributed by atoms with Crippen molar-refractivity contribution in [3.8, 4) is 0 Å². The van der Waals surface area contributed by atoms with E-state index >= 15 is 0 Å². The summed E-state index contributed by atoms with van der Waals surface area (Å²) in [5, 5.41) is 21.7.